The van der Waals surface area contributed by atoms with E-state index in [0.717, 1.165) is 7.11 Å². The molecule has 4 nitrogen and oxygen atoms in total. The van der Waals surface area contributed by atoms with E-state index in [1.54, 1.807) is 0 Å². The molecule has 0 saturated heterocycles. The third-order valence-electron chi connectivity index (χ3n) is 2.86. The molecule has 0 saturated carbocycles. The molecule has 2 aromatic rings. The Bertz CT molecular complexity index is 827. The molecular weight excluding hydrogens is 522 g/mol. The lowest BCUT2D eigenvalue weighted by Gasteiger charge is -2.13. The van der Waals surface area contributed by atoms with E-state index in [4.69, 9.17) is 0 Å². The smallest absolute Gasteiger partial charge is 0.435 e. The van der Waals surface area contributed by atoms with E-state index in [9.17, 15) is 31.1 Å². The van der Waals surface area contributed by atoms with Gasteiger partial charge in [-0.15, -0.1) is 0 Å². The summed E-state index contributed by atoms with van der Waals surface area (Å²) < 4.78 is 81.6. The van der Waals surface area contributed by atoms with Gasteiger partial charge in [0.05, 0.1) is 18.4 Å². The quantitative estimate of drug-likeness (QED) is 0.501. The summed E-state index contributed by atoms with van der Waals surface area (Å²) in [5.41, 5.74) is -2.62. The zero-order valence-electron chi connectivity index (χ0n) is 12.4. The number of hydrogen-bond acceptors (Lipinski definition) is 4. The van der Waals surface area contributed by atoms with Crippen LogP contribution in [0.25, 0.3) is 0 Å². The number of carbonyl (C=O) groups is 1. The molecule has 0 aliphatic heterocycles. The first-order valence-electron chi connectivity index (χ1n) is 6.34. The van der Waals surface area contributed by atoms with Crippen LogP contribution in [0.15, 0.2) is 21.1 Å². The van der Waals surface area contributed by atoms with E-state index < -0.39 is 34.4 Å². The maximum absolute atomic E-state index is 13.0. The SMILES string of the molecule is COc1nc(C(F)(F)F)c(C(=O)Nc2c(Br)cc(C(F)(F)F)cc2Br)s1. The zero-order valence-corrected chi connectivity index (χ0v) is 16.3. The second kappa shape index (κ2) is 7.35. The van der Waals surface area contributed by atoms with Gasteiger partial charge in [0.15, 0.2) is 5.69 Å². The van der Waals surface area contributed by atoms with Crippen LogP contribution < -0.4 is 10.1 Å². The van der Waals surface area contributed by atoms with Crippen LogP contribution in [0, 0.1) is 0 Å². The topological polar surface area (TPSA) is 51.2 Å². The lowest BCUT2D eigenvalue weighted by atomic mass is 10.2. The molecule has 0 aliphatic carbocycles. The van der Waals surface area contributed by atoms with Gasteiger partial charge in [-0.3, -0.25) is 4.79 Å². The number of amides is 1. The number of ether oxygens (including phenoxy) is 1. The van der Waals surface area contributed by atoms with Crippen molar-refractivity contribution < 1.29 is 35.9 Å². The summed E-state index contributed by atoms with van der Waals surface area (Å²) in [5, 5.41) is 1.76. The van der Waals surface area contributed by atoms with Gasteiger partial charge in [0.25, 0.3) is 11.1 Å². The van der Waals surface area contributed by atoms with Crippen molar-refractivity contribution in [2.24, 2.45) is 0 Å². The lowest BCUT2D eigenvalue weighted by molar-refractivity contribution is -0.141. The molecule has 1 heterocycles. The minimum atomic E-state index is -4.91. The fourth-order valence-electron chi connectivity index (χ4n) is 1.76. The van der Waals surface area contributed by atoms with Crippen molar-refractivity contribution in [2.45, 2.75) is 12.4 Å². The minimum absolute atomic E-state index is 0.163. The fraction of sp³-hybridized carbons (Fsp3) is 0.231. The largest absolute Gasteiger partial charge is 0.473 e. The van der Waals surface area contributed by atoms with Crippen LogP contribution >= 0.6 is 43.2 Å². The highest BCUT2D eigenvalue weighted by Gasteiger charge is 2.40. The Kier molecular flexibility index (Phi) is 5.93. The second-order valence-corrected chi connectivity index (χ2v) is 7.30. The van der Waals surface area contributed by atoms with Crippen molar-refractivity contribution >= 4 is 54.8 Å². The number of hydrogen-bond donors (Lipinski definition) is 1. The number of thiazole rings is 1. The van der Waals surface area contributed by atoms with Crippen LogP contribution in [0.5, 0.6) is 5.19 Å². The fourth-order valence-corrected chi connectivity index (χ4v) is 3.94. The molecular formula is C13H6Br2F6N2O2S. The normalized spacial score (nSPS) is 12.2. The van der Waals surface area contributed by atoms with Crippen molar-refractivity contribution in [3.8, 4) is 5.19 Å². The van der Waals surface area contributed by atoms with Crippen molar-refractivity contribution in [1.29, 1.82) is 0 Å². The summed E-state index contributed by atoms with van der Waals surface area (Å²) in [7, 11) is 1.09. The van der Waals surface area contributed by atoms with E-state index >= 15 is 0 Å². The van der Waals surface area contributed by atoms with Gasteiger partial charge in [-0.05, 0) is 44.0 Å². The Morgan fingerprint density at radius 1 is 1.12 bits per heavy atom. The molecule has 0 fully saturated rings. The highest BCUT2D eigenvalue weighted by Crippen LogP contribution is 2.41. The summed E-state index contributed by atoms with van der Waals surface area (Å²) in [6.07, 6.45) is -9.55. The molecule has 1 amide bonds. The molecule has 142 valence electrons. The van der Waals surface area contributed by atoms with E-state index in [-0.39, 0.29) is 19.8 Å². The third kappa shape index (κ3) is 4.49. The predicted molar refractivity (Wildman–Crippen MR) is 88.5 cm³/mol. The molecule has 1 N–H and O–H groups in total. The van der Waals surface area contributed by atoms with Crippen molar-refractivity contribution in [2.75, 3.05) is 12.4 Å². The molecule has 2 rings (SSSR count). The molecule has 0 atom stereocenters. The standard InChI is InChI=1S/C13H6Br2F6N2O2S/c1-25-11-23-9(13(19,20)21)8(26-11)10(24)22-7-5(14)2-4(3-6(7)15)12(16,17)18/h2-3H,1H3,(H,22,24). The maximum atomic E-state index is 13.0. The summed E-state index contributed by atoms with van der Waals surface area (Å²) >= 11 is 6.09. The molecule has 1 aromatic heterocycles. The molecule has 0 radical (unpaired) electrons. The molecule has 1 aromatic carbocycles. The lowest BCUT2D eigenvalue weighted by Crippen LogP contribution is -2.18. The van der Waals surface area contributed by atoms with Crippen LogP contribution in [0.1, 0.15) is 20.9 Å². The number of aromatic nitrogens is 1. The highest BCUT2D eigenvalue weighted by molar-refractivity contribution is 9.11. The summed E-state index contributed by atoms with van der Waals surface area (Å²) in [6, 6.07) is 1.39. The Morgan fingerprint density at radius 3 is 2.08 bits per heavy atom. The number of halogens is 8. The van der Waals surface area contributed by atoms with Crippen LogP contribution in [-0.2, 0) is 12.4 Å². The van der Waals surface area contributed by atoms with Crippen LogP contribution in [0.4, 0.5) is 32.0 Å². The van der Waals surface area contributed by atoms with Gasteiger partial charge < -0.3 is 10.1 Å². The van der Waals surface area contributed by atoms with Gasteiger partial charge in [-0.25, -0.2) is 0 Å². The molecule has 0 aliphatic rings. The van der Waals surface area contributed by atoms with Crippen molar-refractivity contribution in [3.63, 3.8) is 0 Å². The number of nitrogens with one attached hydrogen (secondary N) is 1. The Morgan fingerprint density at radius 2 is 1.65 bits per heavy atom. The highest BCUT2D eigenvalue weighted by atomic mass is 79.9. The maximum Gasteiger partial charge on any atom is 0.435 e. The number of rotatable bonds is 3. The van der Waals surface area contributed by atoms with E-state index in [1.165, 1.54) is 0 Å². The van der Waals surface area contributed by atoms with Gasteiger partial charge in [0, 0.05) is 8.95 Å². The predicted octanol–water partition coefficient (Wildman–Crippen LogP) is 5.97. The number of alkyl halides is 6. The summed E-state index contributed by atoms with van der Waals surface area (Å²) in [4.78, 5) is 14.6. The van der Waals surface area contributed by atoms with Gasteiger partial charge in [0.2, 0.25) is 0 Å². The van der Waals surface area contributed by atoms with Gasteiger partial charge in [-0.2, -0.15) is 31.3 Å². The number of benzene rings is 1. The average Bonchev–Trinajstić information content (AvgIpc) is 2.94. The minimum Gasteiger partial charge on any atom is -0.473 e. The average molecular weight is 528 g/mol. The zero-order chi connectivity index (χ0) is 19.9. The number of anilines is 1. The molecule has 13 heteroatoms. The summed E-state index contributed by atoms with van der Waals surface area (Å²) in [6.45, 7) is 0. The molecule has 0 bridgehead atoms. The van der Waals surface area contributed by atoms with E-state index in [1.807, 2.05) is 0 Å². The molecule has 0 spiro atoms. The van der Waals surface area contributed by atoms with E-state index in [0.29, 0.717) is 23.5 Å². The number of carbonyl (C=O) groups excluding carboxylic acids is 1. The number of nitrogens with zero attached hydrogens (tertiary/aromatic N) is 1. The van der Waals surface area contributed by atoms with Gasteiger partial charge in [-0.1, -0.05) is 11.3 Å². The first kappa shape index (κ1) is 21.0. The van der Waals surface area contributed by atoms with E-state index in [2.05, 4.69) is 46.9 Å². The van der Waals surface area contributed by atoms with Gasteiger partial charge >= 0.3 is 12.4 Å². The number of methoxy groups -OCH3 is 1. The monoisotopic (exact) mass is 526 g/mol. The van der Waals surface area contributed by atoms with Gasteiger partial charge in [0.1, 0.15) is 4.88 Å². The van der Waals surface area contributed by atoms with Crippen LogP contribution in [-0.4, -0.2) is 18.0 Å². The Balaban J connectivity index is 2.42. The molecule has 0 unspecified atom stereocenters. The first-order chi connectivity index (χ1) is 11.8. The second-order valence-electron chi connectivity index (χ2n) is 4.63. The Hall–Kier alpha value is -1.34. The summed E-state index contributed by atoms with van der Waals surface area (Å²) in [5.74, 6) is -1.20. The third-order valence-corrected chi connectivity index (χ3v) is 5.13. The van der Waals surface area contributed by atoms with Crippen LogP contribution in [0.3, 0.4) is 0 Å². The first-order valence-corrected chi connectivity index (χ1v) is 8.74. The van der Waals surface area contributed by atoms with Crippen molar-refractivity contribution in [3.05, 3.63) is 37.2 Å². The Labute approximate surface area is 162 Å². The van der Waals surface area contributed by atoms with Crippen LogP contribution in [0.2, 0.25) is 0 Å². The molecule has 26 heavy (non-hydrogen) atoms. The van der Waals surface area contributed by atoms with Crippen molar-refractivity contribution in [1.82, 2.24) is 4.98 Å².